The van der Waals surface area contributed by atoms with E-state index in [9.17, 15) is 4.79 Å². The topological polar surface area (TPSA) is 86.9 Å². The maximum absolute atomic E-state index is 11.1. The van der Waals surface area contributed by atoms with E-state index < -0.39 is 5.63 Å². The number of anilines is 1. The summed E-state index contributed by atoms with van der Waals surface area (Å²) in [5.74, 6) is 0. The summed E-state index contributed by atoms with van der Waals surface area (Å²) >= 11 is 0. The normalized spacial score (nSPS) is 10.8. The first-order valence-corrected chi connectivity index (χ1v) is 3.26. The molecule has 0 spiro atoms. The van der Waals surface area contributed by atoms with E-state index in [1.165, 1.54) is 6.33 Å². The Morgan fingerprint density at radius 3 is 3.17 bits per heavy atom. The molecule has 0 bridgehead atoms. The lowest BCUT2D eigenvalue weighted by Crippen LogP contribution is -2.05. The van der Waals surface area contributed by atoms with Gasteiger partial charge in [-0.15, -0.1) is 0 Å². The van der Waals surface area contributed by atoms with Gasteiger partial charge in [0.15, 0.2) is 11.2 Å². The first kappa shape index (κ1) is 6.84. The van der Waals surface area contributed by atoms with Crippen molar-refractivity contribution in [3.05, 3.63) is 16.7 Å². The van der Waals surface area contributed by atoms with Crippen LogP contribution in [0.15, 0.2) is 15.5 Å². The quantitative estimate of drug-likeness (QED) is 0.570. The van der Waals surface area contributed by atoms with Gasteiger partial charge in [0.2, 0.25) is 0 Å². The monoisotopic (exact) mass is 166 g/mol. The van der Waals surface area contributed by atoms with Crippen molar-refractivity contribution in [3.8, 4) is 0 Å². The van der Waals surface area contributed by atoms with E-state index in [0.29, 0.717) is 5.65 Å². The van der Waals surface area contributed by atoms with Crippen LogP contribution in [0.5, 0.6) is 0 Å². The molecule has 62 valence electrons. The summed E-state index contributed by atoms with van der Waals surface area (Å²) < 4.78 is 6.14. The average Bonchev–Trinajstić information content (AvgIpc) is 2.33. The molecule has 0 aliphatic rings. The van der Waals surface area contributed by atoms with Crippen LogP contribution >= 0.6 is 0 Å². The molecule has 12 heavy (non-hydrogen) atoms. The van der Waals surface area contributed by atoms with E-state index in [1.54, 1.807) is 11.6 Å². The van der Waals surface area contributed by atoms with Gasteiger partial charge in [-0.1, -0.05) is 0 Å². The van der Waals surface area contributed by atoms with Crippen LogP contribution in [0.2, 0.25) is 0 Å². The van der Waals surface area contributed by atoms with E-state index in [-0.39, 0.29) is 11.5 Å². The van der Waals surface area contributed by atoms with Crippen LogP contribution in [-0.4, -0.2) is 14.5 Å². The Balaban J connectivity index is 3.03. The second-order valence-corrected chi connectivity index (χ2v) is 2.37. The Morgan fingerprint density at radius 2 is 2.42 bits per heavy atom. The smallest absolute Gasteiger partial charge is 0.368 e. The number of nitrogens with zero attached hydrogens (tertiary/aromatic N) is 3. The molecule has 0 saturated heterocycles. The molecule has 2 rings (SSSR count). The molecular weight excluding hydrogens is 160 g/mol. The zero-order valence-electron chi connectivity index (χ0n) is 6.31. The van der Waals surface area contributed by atoms with Crippen molar-refractivity contribution in [2.24, 2.45) is 7.05 Å². The van der Waals surface area contributed by atoms with Crippen LogP contribution in [0.1, 0.15) is 0 Å². The maximum atomic E-state index is 11.1. The van der Waals surface area contributed by atoms with Crippen molar-refractivity contribution in [2.75, 3.05) is 5.73 Å². The molecule has 0 saturated carbocycles. The van der Waals surface area contributed by atoms with Gasteiger partial charge in [-0.05, 0) is 0 Å². The lowest BCUT2D eigenvalue weighted by atomic mass is 10.6. The fraction of sp³-hybridized carbons (Fsp3) is 0.167. The number of nitrogens with two attached hydrogens (primary N) is 1. The highest BCUT2D eigenvalue weighted by molar-refractivity contribution is 5.69. The standard InChI is InChI=1S/C6H6N4O2/c1-10-2-8-3-4(10)9-6(7)12-5(3)11/h2H,1H3,(H2,7,9). The highest BCUT2D eigenvalue weighted by atomic mass is 16.4. The number of hydrogen-bond acceptors (Lipinski definition) is 5. The third kappa shape index (κ3) is 0.777. The number of rotatable bonds is 0. The molecule has 0 aliphatic heterocycles. The van der Waals surface area contributed by atoms with E-state index in [4.69, 9.17) is 5.73 Å². The zero-order chi connectivity index (χ0) is 8.72. The Labute approximate surface area is 66.6 Å². The molecule has 0 aliphatic carbocycles. The van der Waals surface area contributed by atoms with E-state index in [0.717, 1.165) is 0 Å². The number of aromatic nitrogens is 3. The summed E-state index contributed by atoms with van der Waals surface area (Å²) in [6, 6.07) is -0.142. The summed E-state index contributed by atoms with van der Waals surface area (Å²) in [6.45, 7) is 0. The van der Waals surface area contributed by atoms with Gasteiger partial charge in [-0.2, -0.15) is 4.98 Å². The van der Waals surface area contributed by atoms with Crippen molar-refractivity contribution in [1.82, 2.24) is 14.5 Å². The van der Waals surface area contributed by atoms with Crippen LogP contribution < -0.4 is 11.4 Å². The summed E-state index contributed by atoms with van der Waals surface area (Å²) in [5, 5.41) is 0. The van der Waals surface area contributed by atoms with Crippen molar-refractivity contribution in [3.63, 3.8) is 0 Å². The van der Waals surface area contributed by atoms with E-state index >= 15 is 0 Å². The third-order valence-corrected chi connectivity index (χ3v) is 1.51. The van der Waals surface area contributed by atoms with Crippen LogP contribution in [-0.2, 0) is 7.05 Å². The highest BCUT2D eigenvalue weighted by Crippen LogP contribution is 2.04. The fourth-order valence-electron chi connectivity index (χ4n) is 0.970. The van der Waals surface area contributed by atoms with Gasteiger partial charge in [0.1, 0.15) is 0 Å². The SMILES string of the molecule is Cn1cnc2c(=O)oc(N)nc21. The number of hydrogen-bond donors (Lipinski definition) is 1. The van der Waals surface area contributed by atoms with E-state index in [2.05, 4.69) is 14.4 Å². The third-order valence-electron chi connectivity index (χ3n) is 1.51. The van der Waals surface area contributed by atoms with Gasteiger partial charge in [-0.25, -0.2) is 9.78 Å². The molecule has 0 atom stereocenters. The van der Waals surface area contributed by atoms with Gasteiger partial charge in [-0.3, -0.25) is 0 Å². The average molecular weight is 166 g/mol. The number of fused-ring (bicyclic) bond motifs is 1. The Bertz CT molecular complexity index is 484. The number of aryl methyl sites for hydroxylation is 1. The molecule has 0 amide bonds. The summed E-state index contributed by atoms with van der Waals surface area (Å²) in [5.41, 5.74) is 5.31. The van der Waals surface area contributed by atoms with Crippen molar-refractivity contribution in [2.45, 2.75) is 0 Å². The minimum atomic E-state index is -0.557. The molecule has 0 radical (unpaired) electrons. The number of imidazole rings is 1. The number of nitrogen functional groups attached to an aromatic ring is 1. The summed E-state index contributed by atoms with van der Waals surface area (Å²) in [7, 11) is 1.72. The molecule has 2 aromatic heterocycles. The Morgan fingerprint density at radius 1 is 1.67 bits per heavy atom. The lowest BCUT2D eigenvalue weighted by molar-refractivity contribution is 0.522. The van der Waals surface area contributed by atoms with Gasteiger partial charge in [0, 0.05) is 7.05 Å². The molecule has 2 aromatic rings. The first-order chi connectivity index (χ1) is 5.68. The molecule has 0 unspecified atom stereocenters. The van der Waals surface area contributed by atoms with Gasteiger partial charge in [0.25, 0.3) is 6.01 Å². The molecule has 6 nitrogen and oxygen atoms in total. The molecular formula is C6H6N4O2. The summed E-state index contributed by atoms with van der Waals surface area (Å²) in [4.78, 5) is 18.7. The maximum Gasteiger partial charge on any atom is 0.368 e. The van der Waals surface area contributed by atoms with Crippen LogP contribution in [0.25, 0.3) is 11.2 Å². The minimum absolute atomic E-state index is 0.142. The highest BCUT2D eigenvalue weighted by Gasteiger charge is 2.07. The Hall–Kier alpha value is -1.85. The first-order valence-electron chi connectivity index (χ1n) is 3.26. The fourth-order valence-corrected chi connectivity index (χ4v) is 0.970. The van der Waals surface area contributed by atoms with Crippen molar-refractivity contribution >= 4 is 17.2 Å². The largest absolute Gasteiger partial charge is 0.388 e. The second-order valence-electron chi connectivity index (χ2n) is 2.37. The molecule has 0 aromatic carbocycles. The zero-order valence-corrected chi connectivity index (χ0v) is 6.31. The Kier molecular flexibility index (Phi) is 1.18. The van der Waals surface area contributed by atoms with E-state index in [1.807, 2.05) is 0 Å². The van der Waals surface area contributed by atoms with Gasteiger partial charge >= 0.3 is 5.63 Å². The van der Waals surface area contributed by atoms with Crippen LogP contribution in [0.3, 0.4) is 0 Å². The van der Waals surface area contributed by atoms with Crippen molar-refractivity contribution in [1.29, 1.82) is 0 Å². The van der Waals surface area contributed by atoms with Crippen molar-refractivity contribution < 1.29 is 4.42 Å². The van der Waals surface area contributed by atoms with Crippen LogP contribution in [0, 0.1) is 0 Å². The molecule has 6 heteroatoms. The predicted octanol–water partition coefficient (Wildman–Crippen LogP) is -0.496. The van der Waals surface area contributed by atoms with Gasteiger partial charge < -0.3 is 14.7 Å². The van der Waals surface area contributed by atoms with Gasteiger partial charge in [0.05, 0.1) is 6.33 Å². The molecule has 2 heterocycles. The predicted molar refractivity (Wildman–Crippen MR) is 41.5 cm³/mol. The molecule has 0 fully saturated rings. The van der Waals surface area contributed by atoms with Crippen LogP contribution in [0.4, 0.5) is 6.01 Å². The minimum Gasteiger partial charge on any atom is -0.388 e. The summed E-state index contributed by atoms with van der Waals surface area (Å²) in [6.07, 6.45) is 1.48. The second kappa shape index (κ2) is 2.07. The molecule has 2 N–H and O–H groups in total. The lowest BCUT2D eigenvalue weighted by Gasteiger charge is -1.92.